The van der Waals surface area contributed by atoms with Gasteiger partial charge in [0, 0.05) is 29.2 Å². The van der Waals surface area contributed by atoms with Crippen molar-refractivity contribution in [1.29, 1.82) is 0 Å². The molecule has 2 aliphatic rings. The average molecular weight is 329 g/mol. The number of hydrogen-bond acceptors (Lipinski definition) is 3. The second kappa shape index (κ2) is 5.76. The van der Waals surface area contributed by atoms with Gasteiger partial charge in [0.1, 0.15) is 6.04 Å². The van der Waals surface area contributed by atoms with Gasteiger partial charge >= 0.3 is 0 Å². The number of nitrogens with zero attached hydrogens (tertiary/aromatic N) is 1. The molecule has 132 valence electrons. The van der Waals surface area contributed by atoms with Crippen LogP contribution in [0.3, 0.4) is 0 Å². The molecule has 0 aromatic heterocycles. The van der Waals surface area contributed by atoms with Crippen LogP contribution in [-0.2, 0) is 11.2 Å². The van der Waals surface area contributed by atoms with Crippen LogP contribution in [0.4, 0.5) is 5.69 Å². The average Bonchev–Trinajstić information content (AvgIpc) is 2.87. The van der Waals surface area contributed by atoms with Crippen LogP contribution in [0.25, 0.3) is 0 Å². The maximum absolute atomic E-state index is 12.8. The van der Waals surface area contributed by atoms with E-state index in [4.69, 9.17) is 0 Å². The lowest BCUT2D eigenvalue weighted by molar-refractivity contribution is -0.123. The first-order valence-corrected chi connectivity index (χ1v) is 8.99. The fourth-order valence-electron chi connectivity index (χ4n) is 4.42. The number of amides is 1. The summed E-state index contributed by atoms with van der Waals surface area (Å²) >= 11 is 0. The zero-order valence-corrected chi connectivity index (χ0v) is 15.9. The first-order chi connectivity index (χ1) is 11.1. The molecule has 1 amide bonds. The third kappa shape index (κ3) is 3.16. The normalized spacial score (nSPS) is 25.8. The maximum atomic E-state index is 12.8. The molecule has 0 spiro atoms. The van der Waals surface area contributed by atoms with Crippen molar-refractivity contribution >= 4 is 11.6 Å². The summed E-state index contributed by atoms with van der Waals surface area (Å²) in [5.74, 6) is 0.130. The lowest BCUT2D eigenvalue weighted by Crippen LogP contribution is -2.63. The number of aryl methyl sites for hydroxylation is 1. The zero-order chi connectivity index (χ0) is 17.7. The van der Waals surface area contributed by atoms with Crippen LogP contribution in [0.2, 0.25) is 0 Å². The highest BCUT2D eigenvalue weighted by atomic mass is 16.2. The van der Waals surface area contributed by atoms with Crippen molar-refractivity contribution in [2.45, 2.75) is 77.0 Å². The van der Waals surface area contributed by atoms with Crippen molar-refractivity contribution in [2.24, 2.45) is 0 Å². The first-order valence-electron chi connectivity index (χ1n) is 8.99. The maximum Gasteiger partial charge on any atom is 0.243 e. The van der Waals surface area contributed by atoms with Crippen LogP contribution in [0.1, 0.15) is 51.7 Å². The molecule has 2 aliphatic heterocycles. The van der Waals surface area contributed by atoms with Gasteiger partial charge in [-0.1, -0.05) is 17.7 Å². The summed E-state index contributed by atoms with van der Waals surface area (Å²) in [6.07, 6.45) is 2.75. The smallest absolute Gasteiger partial charge is 0.243 e. The van der Waals surface area contributed by atoms with Crippen molar-refractivity contribution in [3.63, 3.8) is 0 Å². The van der Waals surface area contributed by atoms with Crippen molar-refractivity contribution in [3.8, 4) is 0 Å². The van der Waals surface area contributed by atoms with Gasteiger partial charge in [-0.15, -0.1) is 0 Å². The molecule has 1 saturated heterocycles. The molecule has 2 heterocycles. The molecule has 0 bridgehead atoms. The third-order valence-electron chi connectivity index (χ3n) is 5.99. The largest absolute Gasteiger partial charge is 0.373 e. The standard InChI is InChI=1S/C20H31N3O/c1-13-7-8-16-14(9-13)10-17(22-16)18(24)21-15-11-19(2,3)23(6)20(4,5)12-15/h7-9,15,17,22H,10-12H2,1-6H3,(H,21,24)/t17-/m1/s1. The van der Waals surface area contributed by atoms with E-state index in [0.717, 1.165) is 24.9 Å². The van der Waals surface area contributed by atoms with Gasteiger partial charge in [0.05, 0.1) is 0 Å². The minimum atomic E-state index is -0.146. The summed E-state index contributed by atoms with van der Waals surface area (Å²) in [5.41, 5.74) is 3.77. The second-order valence-electron chi connectivity index (χ2n) is 8.86. The Labute approximate surface area is 146 Å². The van der Waals surface area contributed by atoms with Gasteiger partial charge in [0.25, 0.3) is 0 Å². The summed E-state index contributed by atoms with van der Waals surface area (Å²) < 4.78 is 0. The van der Waals surface area contributed by atoms with E-state index in [-0.39, 0.29) is 29.1 Å². The van der Waals surface area contributed by atoms with Crippen LogP contribution < -0.4 is 10.6 Å². The number of benzene rings is 1. The minimum Gasteiger partial charge on any atom is -0.373 e. The molecule has 1 fully saturated rings. The van der Waals surface area contributed by atoms with Gasteiger partial charge in [-0.05, 0) is 66.1 Å². The van der Waals surface area contributed by atoms with Crippen LogP contribution in [0, 0.1) is 6.92 Å². The van der Waals surface area contributed by atoms with Crippen molar-refractivity contribution in [1.82, 2.24) is 10.2 Å². The Morgan fingerprint density at radius 3 is 2.46 bits per heavy atom. The van der Waals surface area contributed by atoms with Crippen LogP contribution in [0.5, 0.6) is 0 Å². The molecule has 0 unspecified atom stereocenters. The molecule has 0 aliphatic carbocycles. The number of hydrogen-bond donors (Lipinski definition) is 2. The summed E-state index contributed by atoms with van der Waals surface area (Å²) in [6, 6.07) is 6.43. The molecular weight excluding hydrogens is 298 g/mol. The fourth-order valence-corrected chi connectivity index (χ4v) is 4.42. The van der Waals surface area contributed by atoms with Crippen molar-refractivity contribution in [3.05, 3.63) is 29.3 Å². The van der Waals surface area contributed by atoms with E-state index in [1.54, 1.807) is 0 Å². The Bertz CT molecular complexity index is 632. The molecule has 2 N–H and O–H groups in total. The zero-order valence-electron chi connectivity index (χ0n) is 15.9. The quantitative estimate of drug-likeness (QED) is 0.876. The molecule has 4 heteroatoms. The number of fused-ring (bicyclic) bond motifs is 1. The van der Waals surface area contributed by atoms with E-state index < -0.39 is 0 Å². The lowest BCUT2D eigenvalue weighted by atomic mass is 9.77. The SMILES string of the molecule is Cc1ccc2c(c1)C[C@H](C(=O)NC1CC(C)(C)N(C)C(C)(C)C1)N2. The second-order valence-corrected chi connectivity index (χ2v) is 8.86. The number of piperidine rings is 1. The summed E-state index contributed by atoms with van der Waals surface area (Å²) in [5, 5.41) is 6.69. The molecule has 1 atom stereocenters. The summed E-state index contributed by atoms with van der Waals surface area (Å²) in [7, 11) is 2.19. The third-order valence-corrected chi connectivity index (χ3v) is 5.99. The summed E-state index contributed by atoms with van der Waals surface area (Å²) in [4.78, 5) is 15.2. The number of nitrogens with one attached hydrogen (secondary N) is 2. The predicted octanol–water partition coefficient (Wildman–Crippen LogP) is 3.10. The van der Waals surface area contributed by atoms with E-state index in [0.29, 0.717) is 0 Å². The molecule has 3 rings (SSSR count). The first kappa shape index (κ1) is 17.3. The molecule has 1 aromatic rings. The Hall–Kier alpha value is -1.55. The minimum absolute atomic E-state index is 0.0862. The lowest BCUT2D eigenvalue weighted by Gasteiger charge is -2.53. The fraction of sp³-hybridized carbons (Fsp3) is 0.650. The van der Waals surface area contributed by atoms with Gasteiger partial charge < -0.3 is 10.6 Å². The van der Waals surface area contributed by atoms with Gasteiger partial charge in [-0.3, -0.25) is 9.69 Å². The van der Waals surface area contributed by atoms with E-state index in [2.05, 4.69) is 75.4 Å². The number of carbonyl (C=O) groups is 1. The Kier molecular flexibility index (Phi) is 4.15. The van der Waals surface area contributed by atoms with Gasteiger partial charge in [0.2, 0.25) is 5.91 Å². The molecule has 0 saturated carbocycles. The molecule has 0 radical (unpaired) electrons. The molecule has 1 aromatic carbocycles. The summed E-state index contributed by atoms with van der Waals surface area (Å²) in [6.45, 7) is 11.1. The van der Waals surface area contributed by atoms with Gasteiger partial charge in [-0.25, -0.2) is 0 Å². The van der Waals surface area contributed by atoms with Crippen LogP contribution in [0.15, 0.2) is 18.2 Å². The van der Waals surface area contributed by atoms with E-state index in [9.17, 15) is 4.79 Å². The number of anilines is 1. The van der Waals surface area contributed by atoms with Crippen LogP contribution in [-0.4, -0.2) is 41.0 Å². The highest BCUT2D eigenvalue weighted by molar-refractivity contribution is 5.87. The molecule has 4 nitrogen and oxygen atoms in total. The topological polar surface area (TPSA) is 44.4 Å². The van der Waals surface area contributed by atoms with Crippen molar-refractivity contribution < 1.29 is 4.79 Å². The van der Waals surface area contributed by atoms with Crippen molar-refractivity contribution in [2.75, 3.05) is 12.4 Å². The number of rotatable bonds is 2. The van der Waals surface area contributed by atoms with Gasteiger partial charge in [0.15, 0.2) is 0 Å². The van der Waals surface area contributed by atoms with Crippen LogP contribution >= 0.6 is 0 Å². The Morgan fingerprint density at radius 1 is 1.21 bits per heavy atom. The molecular formula is C20H31N3O. The number of carbonyl (C=O) groups excluding carboxylic acids is 1. The Morgan fingerprint density at radius 2 is 1.83 bits per heavy atom. The monoisotopic (exact) mass is 329 g/mol. The Balaban J connectivity index is 1.66. The molecule has 24 heavy (non-hydrogen) atoms. The van der Waals surface area contributed by atoms with Gasteiger partial charge in [-0.2, -0.15) is 0 Å². The number of likely N-dealkylation sites (tertiary alicyclic amines) is 1. The highest BCUT2D eigenvalue weighted by Crippen LogP contribution is 2.37. The predicted molar refractivity (Wildman–Crippen MR) is 99.4 cm³/mol. The van der Waals surface area contributed by atoms with E-state index in [1.807, 2.05) is 0 Å². The van der Waals surface area contributed by atoms with E-state index >= 15 is 0 Å². The van der Waals surface area contributed by atoms with E-state index in [1.165, 1.54) is 11.1 Å². The highest BCUT2D eigenvalue weighted by Gasteiger charge is 2.43.